The van der Waals surface area contributed by atoms with Crippen LogP contribution in [0.4, 0.5) is 0 Å². The summed E-state index contributed by atoms with van der Waals surface area (Å²) in [6.45, 7) is 0.346. The van der Waals surface area contributed by atoms with Gasteiger partial charge >= 0.3 is 0 Å². The third kappa shape index (κ3) is 4.03. The smallest absolute Gasteiger partial charge is 0.290 e. The van der Waals surface area contributed by atoms with Gasteiger partial charge in [-0.15, -0.1) is 0 Å². The second-order valence-corrected chi connectivity index (χ2v) is 8.05. The van der Waals surface area contributed by atoms with Gasteiger partial charge in [0, 0.05) is 16.6 Å². The summed E-state index contributed by atoms with van der Waals surface area (Å²) in [5.41, 5.74) is 3.19. The molecule has 0 unspecified atom stereocenters. The molecule has 1 aliphatic heterocycles. The lowest BCUT2D eigenvalue weighted by Crippen LogP contribution is -2.30. The number of hydrogen-bond acceptors (Lipinski definition) is 4. The SMILES string of the molecule is COc1ccc(CN2C(=O)C(O)=C(c3ccc(OC)cc3)[C@@H]2c2ccccc2Br)cc1. The van der Waals surface area contributed by atoms with Crippen LogP contribution in [0.1, 0.15) is 22.7 Å². The quantitative estimate of drug-likeness (QED) is 0.505. The van der Waals surface area contributed by atoms with Gasteiger partial charge in [0.2, 0.25) is 0 Å². The van der Waals surface area contributed by atoms with Crippen molar-refractivity contribution in [2.75, 3.05) is 14.2 Å². The molecule has 1 N–H and O–H groups in total. The lowest BCUT2D eigenvalue weighted by Gasteiger charge is -2.28. The van der Waals surface area contributed by atoms with E-state index in [0.29, 0.717) is 17.9 Å². The number of carbonyl (C=O) groups excluding carboxylic acids is 1. The van der Waals surface area contributed by atoms with E-state index in [2.05, 4.69) is 15.9 Å². The van der Waals surface area contributed by atoms with Gasteiger partial charge in [-0.25, -0.2) is 0 Å². The number of rotatable bonds is 6. The number of hydrogen-bond donors (Lipinski definition) is 1. The molecule has 3 aromatic rings. The fraction of sp³-hybridized carbons (Fsp3) is 0.160. The maximum absolute atomic E-state index is 13.2. The van der Waals surface area contributed by atoms with Crippen molar-refractivity contribution in [2.24, 2.45) is 0 Å². The Balaban J connectivity index is 1.79. The second kappa shape index (κ2) is 8.86. The van der Waals surface area contributed by atoms with E-state index >= 15 is 0 Å². The molecule has 3 aromatic carbocycles. The maximum atomic E-state index is 13.2. The highest BCUT2D eigenvalue weighted by atomic mass is 79.9. The van der Waals surface area contributed by atoms with Gasteiger partial charge in [-0.05, 0) is 47.0 Å². The predicted molar refractivity (Wildman–Crippen MR) is 123 cm³/mol. The lowest BCUT2D eigenvalue weighted by molar-refractivity contribution is -0.130. The van der Waals surface area contributed by atoms with Crippen molar-refractivity contribution < 1.29 is 19.4 Å². The molecule has 0 radical (unpaired) electrons. The molecule has 0 saturated heterocycles. The molecule has 1 amide bonds. The largest absolute Gasteiger partial charge is 0.503 e. The summed E-state index contributed by atoms with van der Waals surface area (Å²) >= 11 is 3.62. The van der Waals surface area contributed by atoms with Crippen LogP contribution in [0.25, 0.3) is 5.57 Å². The molecule has 31 heavy (non-hydrogen) atoms. The molecule has 0 fully saturated rings. The number of amides is 1. The van der Waals surface area contributed by atoms with Crippen LogP contribution in [0, 0.1) is 0 Å². The van der Waals surface area contributed by atoms with Crippen LogP contribution in [-0.4, -0.2) is 30.1 Å². The van der Waals surface area contributed by atoms with Crippen molar-refractivity contribution in [3.05, 3.63) is 99.7 Å². The van der Waals surface area contributed by atoms with E-state index < -0.39 is 11.9 Å². The average molecular weight is 480 g/mol. The van der Waals surface area contributed by atoms with E-state index in [1.165, 1.54) is 0 Å². The van der Waals surface area contributed by atoms with Crippen LogP contribution in [0.2, 0.25) is 0 Å². The molecular weight excluding hydrogens is 458 g/mol. The Morgan fingerprint density at radius 3 is 2.06 bits per heavy atom. The maximum Gasteiger partial charge on any atom is 0.290 e. The third-order valence-electron chi connectivity index (χ3n) is 5.42. The molecule has 0 aliphatic carbocycles. The summed E-state index contributed by atoms with van der Waals surface area (Å²) in [4.78, 5) is 14.9. The Kier molecular flexibility index (Phi) is 6.00. The molecule has 0 bridgehead atoms. The Labute approximate surface area is 189 Å². The van der Waals surface area contributed by atoms with Gasteiger partial charge in [0.05, 0.1) is 20.3 Å². The zero-order valence-electron chi connectivity index (χ0n) is 17.2. The van der Waals surface area contributed by atoms with Gasteiger partial charge < -0.3 is 19.5 Å². The molecule has 158 valence electrons. The minimum atomic E-state index is -0.446. The van der Waals surface area contributed by atoms with Crippen LogP contribution in [0.15, 0.2) is 83.0 Å². The fourth-order valence-corrected chi connectivity index (χ4v) is 4.33. The van der Waals surface area contributed by atoms with Crippen LogP contribution >= 0.6 is 15.9 Å². The Morgan fingerprint density at radius 1 is 0.903 bits per heavy atom. The van der Waals surface area contributed by atoms with E-state index in [1.54, 1.807) is 19.1 Å². The molecule has 1 aliphatic rings. The normalized spacial score (nSPS) is 16.0. The van der Waals surface area contributed by atoms with E-state index in [9.17, 15) is 9.90 Å². The molecule has 6 heteroatoms. The number of aliphatic hydroxyl groups is 1. The fourth-order valence-electron chi connectivity index (χ4n) is 3.83. The first-order chi connectivity index (χ1) is 15.0. The van der Waals surface area contributed by atoms with Gasteiger partial charge in [0.15, 0.2) is 5.76 Å². The first-order valence-corrected chi connectivity index (χ1v) is 10.6. The molecular formula is C25H22BrNO4. The highest BCUT2D eigenvalue weighted by Crippen LogP contribution is 2.45. The van der Waals surface area contributed by atoms with Crippen molar-refractivity contribution >= 4 is 27.4 Å². The van der Waals surface area contributed by atoms with Crippen LogP contribution in [0.3, 0.4) is 0 Å². The topological polar surface area (TPSA) is 59.0 Å². The van der Waals surface area contributed by atoms with Crippen LogP contribution in [-0.2, 0) is 11.3 Å². The van der Waals surface area contributed by atoms with Crippen molar-refractivity contribution in [1.29, 1.82) is 0 Å². The van der Waals surface area contributed by atoms with Gasteiger partial charge in [0.1, 0.15) is 11.5 Å². The van der Waals surface area contributed by atoms with Crippen molar-refractivity contribution in [3.63, 3.8) is 0 Å². The van der Waals surface area contributed by atoms with Crippen molar-refractivity contribution in [1.82, 2.24) is 4.90 Å². The molecule has 1 heterocycles. The molecule has 1 atom stereocenters. The van der Waals surface area contributed by atoms with Crippen molar-refractivity contribution in [3.8, 4) is 11.5 Å². The summed E-state index contributed by atoms with van der Waals surface area (Å²) in [5, 5.41) is 10.9. The van der Waals surface area contributed by atoms with Gasteiger partial charge in [0.25, 0.3) is 5.91 Å². The Morgan fingerprint density at radius 2 is 1.48 bits per heavy atom. The monoisotopic (exact) mass is 479 g/mol. The van der Waals surface area contributed by atoms with E-state index in [1.807, 2.05) is 72.8 Å². The minimum absolute atomic E-state index is 0.237. The lowest BCUT2D eigenvalue weighted by atomic mass is 9.93. The van der Waals surface area contributed by atoms with Crippen molar-refractivity contribution in [2.45, 2.75) is 12.6 Å². The summed E-state index contributed by atoms with van der Waals surface area (Å²) in [5.74, 6) is 0.821. The number of carbonyl (C=O) groups is 1. The third-order valence-corrected chi connectivity index (χ3v) is 6.14. The van der Waals surface area contributed by atoms with E-state index in [0.717, 1.165) is 26.9 Å². The Bertz CT molecular complexity index is 1120. The molecule has 0 aromatic heterocycles. The number of nitrogens with zero attached hydrogens (tertiary/aromatic N) is 1. The van der Waals surface area contributed by atoms with Crippen LogP contribution in [0.5, 0.6) is 11.5 Å². The second-order valence-electron chi connectivity index (χ2n) is 7.20. The van der Waals surface area contributed by atoms with Gasteiger partial charge in [-0.3, -0.25) is 4.79 Å². The standard InChI is InChI=1S/C25H22BrNO4/c1-30-18-11-7-16(8-12-18)15-27-23(20-5-3-4-6-21(20)26)22(24(28)25(27)29)17-9-13-19(31-2)14-10-17/h3-14,23,28H,15H2,1-2H3/t23-/m0/s1. The van der Waals surface area contributed by atoms with Crippen LogP contribution < -0.4 is 9.47 Å². The number of ether oxygens (including phenoxy) is 2. The number of methoxy groups -OCH3 is 2. The summed E-state index contributed by atoms with van der Waals surface area (Å²) < 4.78 is 11.4. The first-order valence-electron chi connectivity index (χ1n) is 9.79. The molecule has 0 spiro atoms. The van der Waals surface area contributed by atoms with Gasteiger partial charge in [-0.2, -0.15) is 0 Å². The number of benzene rings is 3. The zero-order chi connectivity index (χ0) is 22.0. The predicted octanol–water partition coefficient (Wildman–Crippen LogP) is 5.52. The summed E-state index contributed by atoms with van der Waals surface area (Å²) in [6.07, 6.45) is 0. The average Bonchev–Trinajstić information content (AvgIpc) is 3.05. The first kappa shape index (κ1) is 21.0. The number of aliphatic hydroxyl groups excluding tert-OH is 1. The van der Waals surface area contributed by atoms with E-state index in [4.69, 9.17) is 9.47 Å². The Hall–Kier alpha value is -3.25. The number of halogens is 1. The zero-order valence-corrected chi connectivity index (χ0v) is 18.8. The summed E-state index contributed by atoms with van der Waals surface area (Å²) in [7, 11) is 3.22. The minimum Gasteiger partial charge on any atom is -0.503 e. The van der Waals surface area contributed by atoms with E-state index in [-0.39, 0.29) is 5.76 Å². The van der Waals surface area contributed by atoms with Gasteiger partial charge in [-0.1, -0.05) is 58.4 Å². The molecule has 5 nitrogen and oxygen atoms in total. The molecule has 4 rings (SSSR count). The highest BCUT2D eigenvalue weighted by Gasteiger charge is 2.41. The summed E-state index contributed by atoms with van der Waals surface area (Å²) in [6, 6.07) is 22.2. The molecule has 0 saturated carbocycles. The highest BCUT2D eigenvalue weighted by molar-refractivity contribution is 9.10.